The number of hydrogen-bond acceptors (Lipinski definition) is 2. The van der Waals surface area contributed by atoms with Gasteiger partial charge in [0.05, 0.1) is 0 Å². The lowest BCUT2D eigenvalue weighted by molar-refractivity contribution is -0.122. The van der Waals surface area contributed by atoms with Gasteiger partial charge in [0.15, 0.2) is 0 Å². The van der Waals surface area contributed by atoms with Crippen molar-refractivity contribution in [3.05, 3.63) is 21.9 Å². The second-order valence-electron chi connectivity index (χ2n) is 4.13. The van der Waals surface area contributed by atoms with E-state index >= 15 is 0 Å². The number of rotatable bonds is 2. The van der Waals surface area contributed by atoms with Crippen LogP contribution in [0.5, 0.6) is 0 Å². The van der Waals surface area contributed by atoms with Gasteiger partial charge in [-0.25, -0.2) is 8.78 Å². The fourth-order valence-corrected chi connectivity index (χ4v) is 3.39. The Labute approximate surface area is 85.9 Å². The molecular weight excluding hydrogens is 204 g/mol. The topological polar surface area (TPSA) is 26.0 Å². The van der Waals surface area contributed by atoms with E-state index < -0.39 is 11.3 Å². The predicted molar refractivity (Wildman–Crippen MR) is 54.0 cm³/mol. The summed E-state index contributed by atoms with van der Waals surface area (Å²) in [5.41, 5.74) is 6.27. The van der Waals surface area contributed by atoms with Crippen molar-refractivity contribution < 1.29 is 8.78 Å². The maximum Gasteiger partial charge on any atom is 0.250 e. The summed E-state index contributed by atoms with van der Waals surface area (Å²) in [6.45, 7) is 2.28. The number of nitrogens with two attached hydrogens (primary N) is 1. The molecule has 0 spiro atoms. The zero-order valence-corrected chi connectivity index (χ0v) is 8.83. The summed E-state index contributed by atoms with van der Waals surface area (Å²) in [6, 6.07) is 1.97. The molecule has 1 nitrogen and oxygen atoms in total. The molecule has 0 bridgehead atoms. The molecular formula is C10H13F2NS. The van der Waals surface area contributed by atoms with Crippen LogP contribution in [0.3, 0.4) is 0 Å². The lowest BCUT2D eigenvalue weighted by atomic mass is 9.64. The molecule has 1 aliphatic carbocycles. The molecule has 1 saturated carbocycles. The Hall–Kier alpha value is -0.480. The fraction of sp³-hybridized carbons (Fsp3) is 0.600. The van der Waals surface area contributed by atoms with Crippen molar-refractivity contribution in [1.82, 2.24) is 0 Å². The van der Waals surface area contributed by atoms with Gasteiger partial charge in [-0.15, -0.1) is 11.3 Å². The highest BCUT2D eigenvalue weighted by molar-refractivity contribution is 7.10. The van der Waals surface area contributed by atoms with Crippen molar-refractivity contribution in [3.63, 3.8) is 0 Å². The third-order valence-corrected chi connectivity index (χ3v) is 4.19. The van der Waals surface area contributed by atoms with Crippen LogP contribution in [-0.4, -0.2) is 12.5 Å². The zero-order chi connectivity index (χ0) is 10.4. The predicted octanol–water partition coefficient (Wildman–Crippen LogP) is 2.68. The number of alkyl halides is 2. The molecule has 1 aliphatic rings. The van der Waals surface area contributed by atoms with Gasteiger partial charge in [0, 0.05) is 29.7 Å². The molecule has 1 aromatic rings. The molecule has 14 heavy (non-hydrogen) atoms. The van der Waals surface area contributed by atoms with Crippen LogP contribution in [-0.2, 0) is 5.41 Å². The summed E-state index contributed by atoms with van der Waals surface area (Å²) in [6.07, 6.45) is -0.171. The van der Waals surface area contributed by atoms with E-state index in [0.29, 0.717) is 6.54 Å². The summed E-state index contributed by atoms with van der Waals surface area (Å²) in [5, 5.41) is 1.94. The SMILES string of the molecule is Cc1ccsc1C1(CN)CC(F)(F)C1. The maximum absolute atomic E-state index is 12.9. The first-order valence-corrected chi connectivity index (χ1v) is 5.50. The van der Waals surface area contributed by atoms with E-state index in [2.05, 4.69) is 0 Å². The van der Waals surface area contributed by atoms with Crippen LogP contribution >= 0.6 is 11.3 Å². The molecule has 0 aliphatic heterocycles. The Kier molecular flexibility index (Phi) is 2.16. The molecule has 0 amide bonds. The highest BCUT2D eigenvalue weighted by Gasteiger charge is 2.57. The van der Waals surface area contributed by atoms with Gasteiger partial charge < -0.3 is 5.73 Å². The van der Waals surface area contributed by atoms with Gasteiger partial charge in [0.2, 0.25) is 5.92 Å². The molecule has 0 saturated heterocycles. The fourth-order valence-electron chi connectivity index (χ4n) is 2.25. The largest absolute Gasteiger partial charge is 0.330 e. The van der Waals surface area contributed by atoms with Crippen LogP contribution in [0, 0.1) is 6.92 Å². The second kappa shape index (κ2) is 3.00. The van der Waals surface area contributed by atoms with E-state index in [0.717, 1.165) is 10.4 Å². The van der Waals surface area contributed by atoms with Crippen LogP contribution in [0.15, 0.2) is 11.4 Å². The number of hydrogen-bond donors (Lipinski definition) is 1. The molecule has 2 N–H and O–H groups in total. The minimum atomic E-state index is -2.50. The lowest BCUT2D eigenvalue weighted by Crippen LogP contribution is -2.53. The summed E-state index contributed by atoms with van der Waals surface area (Å²) in [4.78, 5) is 1.05. The Morgan fingerprint density at radius 2 is 2.14 bits per heavy atom. The molecule has 78 valence electrons. The van der Waals surface area contributed by atoms with Gasteiger partial charge in [0.25, 0.3) is 0 Å². The molecule has 0 atom stereocenters. The summed E-state index contributed by atoms with van der Waals surface area (Å²) < 4.78 is 25.8. The third kappa shape index (κ3) is 1.37. The molecule has 1 fully saturated rings. The van der Waals surface area contributed by atoms with E-state index in [1.165, 1.54) is 0 Å². The molecule has 1 heterocycles. The molecule has 0 aromatic carbocycles. The van der Waals surface area contributed by atoms with Gasteiger partial charge >= 0.3 is 0 Å². The highest BCUT2D eigenvalue weighted by Crippen LogP contribution is 2.54. The highest BCUT2D eigenvalue weighted by atomic mass is 32.1. The molecule has 2 rings (SSSR count). The molecule has 0 radical (unpaired) electrons. The summed E-state index contributed by atoms with van der Waals surface area (Å²) >= 11 is 1.54. The molecule has 0 unspecified atom stereocenters. The zero-order valence-electron chi connectivity index (χ0n) is 8.02. The van der Waals surface area contributed by atoms with Crippen molar-refractivity contribution in [2.24, 2.45) is 5.73 Å². The number of halogens is 2. The van der Waals surface area contributed by atoms with Gasteiger partial charge in [-0.3, -0.25) is 0 Å². The lowest BCUT2D eigenvalue weighted by Gasteiger charge is -2.46. The van der Waals surface area contributed by atoms with Crippen molar-refractivity contribution >= 4 is 11.3 Å². The minimum Gasteiger partial charge on any atom is -0.330 e. The third-order valence-electron chi connectivity index (χ3n) is 2.93. The Morgan fingerprint density at radius 1 is 1.50 bits per heavy atom. The Balaban J connectivity index is 2.29. The second-order valence-corrected chi connectivity index (χ2v) is 5.04. The van der Waals surface area contributed by atoms with Crippen LogP contribution in [0.25, 0.3) is 0 Å². The first kappa shape index (κ1) is 10.1. The number of aryl methyl sites for hydroxylation is 1. The number of thiophene rings is 1. The van der Waals surface area contributed by atoms with Crippen LogP contribution in [0.4, 0.5) is 8.78 Å². The van der Waals surface area contributed by atoms with Crippen LogP contribution in [0.1, 0.15) is 23.3 Å². The van der Waals surface area contributed by atoms with Crippen LogP contribution in [0.2, 0.25) is 0 Å². The van der Waals surface area contributed by atoms with Gasteiger partial charge in [-0.1, -0.05) is 0 Å². The summed E-state index contributed by atoms with van der Waals surface area (Å²) in [5.74, 6) is -2.50. The van der Waals surface area contributed by atoms with E-state index in [4.69, 9.17) is 5.73 Å². The van der Waals surface area contributed by atoms with Crippen molar-refractivity contribution in [3.8, 4) is 0 Å². The van der Waals surface area contributed by atoms with Gasteiger partial charge in [0.1, 0.15) is 0 Å². The molecule has 1 aromatic heterocycles. The smallest absolute Gasteiger partial charge is 0.250 e. The average Bonchev–Trinajstić information content (AvgIpc) is 2.46. The van der Waals surface area contributed by atoms with E-state index in [-0.39, 0.29) is 12.8 Å². The van der Waals surface area contributed by atoms with E-state index in [9.17, 15) is 8.78 Å². The first-order valence-electron chi connectivity index (χ1n) is 4.62. The first-order chi connectivity index (χ1) is 6.49. The van der Waals surface area contributed by atoms with Crippen LogP contribution < -0.4 is 5.73 Å². The maximum atomic E-state index is 12.9. The molecule has 4 heteroatoms. The Morgan fingerprint density at radius 3 is 2.50 bits per heavy atom. The van der Waals surface area contributed by atoms with Crippen molar-refractivity contribution in [1.29, 1.82) is 0 Å². The average molecular weight is 217 g/mol. The van der Waals surface area contributed by atoms with Gasteiger partial charge in [-0.05, 0) is 23.9 Å². The Bertz CT molecular complexity index is 338. The van der Waals surface area contributed by atoms with Crippen molar-refractivity contribution in [2.75, 3.05) is 6.54 Å². The summed E-state index contributed by atoms with van der Waals surface area (Å²) in [7, 11) is 0. The normalized spacial score (nSPS) is 23.1. The van der Waals surface area contributed by atoms with E-state index in [1.807, 2.05) is 18.4 Å². The van der Waals surface area contributed by atoms with Gasteiger partial charge in [-0.2, -0.15) is 0 Å². The monoisotopic (exact) mass is 217 g/mol. The minimum absolute atomic E-state index is 0.0855. The van der Waals surface area contributed by atoms with E-state index in [1.54, 1.807) is 11.3 Å². The van der Waals surface area contributed by atoms with Crippen molar-refractivity contribution in [2.45, 2.75) is 31.1 Å². The standard InChI is InChI=1S/C10H13F2NS/c1-7-2-3-14-8(7)9(6-13)4-10(11,12)5-9/h2-3H,4-6,13H2,1H3. The quantitative estimate of drug-likeness (QED) is 0.809.